The summed E-state index contributed by atoms with van der Waals surface area (Å²) < 4.78 is 10.5. The molecule has 0 spiro atoms. The molecule has 6 heterocycles. The van der Waals surface area contributed by atoms with Gasteiger partial charge in [-0.25, -0.2) is 19.2 Å². The molecule has 13 heteroatoms. The minimum atomic E-state index is -0.445. The number of aromatic nitrogens is 6. The molecule has 246 valence electrons. The predicted octanol–water partition coefficient (Wildman–Crippen LogP) is 4.04. The van der Waals surface area contributed by atoms with Crippen molar-refractivity contribution in [2.75, 3.05) is 31.2 Å². The number of amides is 2. The number of nitrogens with zero attached hydrogens (tertiary/aromatic N) is 7. The second-order valence-corrected chi connectivity index (χ2v) is 12.9. The van der Waals surface area contributed by atoms with Crippen molar-refractivity contribution in [3.63, 3.8) is 0 Å². The van der Waals surface area contributed by atoms with E-state index in [-0.39, 0.29) is 23.0 Å². The van der Waals surface area contributed by atoms with Crippen molar-refractivity contribution in [1.29, 1.82) is 0 Å². The standard InChI is InChI=1S/C35H37N9O4/c1-48-29-12-11-25(19-37-29)44-35(47)30(27-4-2-3-15-42(27)44)33(45)40-24-9-7-21(8-10-24)26-18-28(43-31(26)32(36)38-20-39-43)22-13-16-41(17-14-22)34(46)23-5-6-23/h7-12,18-20,22-23H,2-6,13-17H2,1H3,(H,40,45)(H2,36,38,39). The summed E-state index contributed by atoms with van der Waals surface area (Å²) in [4.78, 5) is 50.6. The number of likely N-dealkylation sites (tertiary alicyclic amines) is 1. The van der Waals surface area contributed by atoms with E-state index in [2.05, 4.69) is 26.4 Å². The van der Waals surface area contributed by atoms with Crippen LogP contribution in [0.4, 0.5) is 11.5 Å². The monoisotopic (exact) mass is 647 g/mol. The van der Waals surface area contributed by atoms with Crippen LogP contribution in [-0.4, -0.2) is 65.9 Å². The van der Waals surface area contributed by atoms with Crippen molar-refractivity contribution >= 4 is 28.8 Å². The van der Waals surface area contributed by atoms with Crippen LogP contribution in [-0.2, 0) is 17.8 Å². The zero-order valence-electron chi connectivity index (χ0n) is 26.8. The van der Waals surface area contributed by atoms with Crippen molar-refractivity contribution in [1.82, 2.24) is 33.8 Å². The summed E-state index contributed by atoms with van der Waals surface area (Å²) in [6.07, 6.45) is 9.25. The number of rotatable bonds is 7. The van der Waals surface area contributed by atoms with E-state index in [4.69, 9.17) is 10.5 Å². The summed E-state index contributed by atoms with van der Waals surface area (Å²) >= 11 is 0. The Morgan fingerprint density at radius 1 is 0.979 bits per heavy atom. The highest BCUT2D eigenvalue weighted by molar-refractivity contribution is 6.05. The van der Waals surface area contributed by atoms with Crippen LogP contribution in [0.15, 0.2) is 59.8 Å². The van der Waals surface area contributed by atoms with E-state index < -0.39 is 5.91 Å². The normalized spacial score (nSPS) is 16.6. The molecule has 1 aliphatic carbocycles. The highest BCUT2D eigenvalue weighted by atomic mass is 16.5. The van der Waals surface area contributed by atoms with Gasteiger partial charge in [0.2, 0.25) is 11.8 Å². The molecule has 13 nitrogen and oxygen atoms in total. The Morgan fingerprint density at radius 2 is 1.77 bits per heavy atom. The van der Waals surface area contributed by atoms with Crippen LogP contribution in [0.5, 0.6) is 5.88 Å². The maximum absolute atomic E-state index is 13.7. The molecule has 4 aromatic heterocycles. The summed E-state index contributed by atoms with van der Waals surface area (Å²) in [5.41, 5.74) is 11.6. The van der Waals surface area contributed by atoms with Gasteiger partial charge >= 0.3 is 0 Å². The topological polar surface area (TPSA) is 155 Å². The van der Waals surface area contributed by atoms with E-state index in [1.165, 1.54) is 18.1 Å². The fourth-order valence-electron chi connectivity index (χ4n) is 7.25. The van der Waals surface area contributed by atoms with Crippen LogP contribution in [0, 0.1) is 5.92 Å². The van der Waals surface area contributed by atoms with Crippen LogP contribution in [0.3, 0.4) is 0 Å². The third kappa shape index (κ3) is 5.19. The van der Waals surface area contributed by atoms with E-state index in [1.54, 1.807) is 18.3 Å². The van der Waals surface area contributed by atoms with Crippen LogP contribution in [0.1, 0.15) is 66.2 Å². The summed E-state index contributed by atoms with van der Waals surface area (Å²) in [5, 5.41) is 7.52. The first kappa shape index (κ1) is 29.9. The van der Waals surface area contributed by atoms with E-state index in [1.807, 2.05) is 38.4 Å². The van der Waals surface area contributed by atoms with E-state index in [0.29, 0.717) is 41.9 Å². The van der Waals surface area contributed by atoms with Crippen LogP contribution >= 0.6 is 0 Å². The predicted molar refractivity (Wildman–Crippen MR) is 179 cm³/mol. The molecular formula is C35H37N9O4. The number of hydrogen-bond donors (Lipinski definition) is 2. The number of benzene rings is 1. The molecule has 0 radical (unpaired) electrons. The molecule has 3 aliphatic rings. The van der Waals surface area contributed by atoms with Gasteiger partial charge in [0.15, 0.2) is 5.82 Å². The Hall–Kier alpha value is -5.46. The quantitative estimate of drug-likeness (QED) is 0.268. The maximum Gasteiger partial charge on any atom is 0.284 e. The number of nitrogen functional groups attached to an aromatic ring is 1. The molecular weight excluding hydrogens is 610 g/mol. The number of carbonyl (C=O) groups is 2. The largest absolute Gasteiger partial charge is 0.481 e. The Morgan fingerprint density at radius 3 is 2.48 bits per heavy atom. The Kier molecular flexibility index (Phi) is 7.46. The third-order valence-corrected chi connectivity index (χ3v) is 9.90. The third-order valence-electron chi connectivity index (χ3n) is 9.90. The number of fused-ring (bicyclic) bond motifs is 2. The second kappa shape index (κ2) is 12.0. The lowest BCUT2D eigenvalue weighted by atomic mass is 9.92. The van der Waals surface area contributed by atoms with E-state index >= 15 is 0 Å². The lowest BCUT2D eigenvalue weighted by Crippen LogP contribution is -2.39. The molecule has 3 N–H and O–H groups in total. The number of carbonyl (C=O) groups excluding carboxylic acids is 2. The molecule has 0 atom stereocenters. The van der Waals surface area contributed by atoms with Gasteiger partial charge in [0.1, 0.15) is 17.4 Å². The van der Waals surface area contributed by atoms with Crippen LogP contribution < -0.4 is 21.3 Å². The number of hydrogen-bond acceptors (Lipinski definition) is 8. The fourth-order valence-corrected chi connectivity index (χ4v) is 7.25. The number of piperidine rings is 1. The summed E-state index contributed by atoms with van der Waals surface area (Å²) in [6, 6.07) is 13.1. The van der Waals surface area contributed by atoms with Gasteiger partial charge < -0.3 is 20.7 Å². The first-order chi connectivity index (χ1) is 23.4. The number of anilines is 2. The van der Waals surface area contributed by atoms with Crippen LogP contribution in [0.2, 0.25) is 0 Å². The molecule has 1 aromatic carbocycles. The zero-order valence-corrected chi connectivity index (χ0v) is 26.8. The molecule has 1 saturated heterocycles. The molecule has 2 aliphatic heterocycles. The van der Waals surface area contributed by atoms with E-state index in [9.17, 15) is 14.4 Å². The van der Waals surface area contributed by atoms with Gasteiger partial charge in [-0.15, -0.1) is 0 Å². The van der Waals surface area contributed by atoms with Crippen molar-refractivity contribution in [3.8, 4) is 22.7 Å². The van der Waals surface area contributed by atoms with E-state index in [0.717, 1.165) is 79.6 Å². The molecule has 0 unspecified atom stereocenters. The summed E-state index contributed by atoms with van der Waals surface area (Å²) in [6.45, 7) is 2.12. The number of ether oxygens (including phenoxy) is 1. The zero-order chi connectivity index (χ0) is 32.9. The van der Waals surface area contributed by atoms with Crippen molar-refractivity contribution in [3.05, 3.63) is 82.3 Å². The average molecular weight is 648 g/mol. The molecule has 2 amide bonds. The maximum atomic E-state index is 13.7. The summed E-state index contributed by atoms with van der Waals surface area (Å²) in [7, 11) is 1.54. The Balaban J connectivity index is 1.05. The smallest absolute Gasteiger partial charge is 0.284 e. The van der Waals surface area contributed by atoms with Gasteiger partial charge in [-0.3, -0.25) is 19.1 Å². The molecule has 2 fully saturated rings. The van der Waals surface area contributed by atoms with Gasteiger partial charge in [0.25, 0.3) is 11.5 Å². The highest BCUT2D eigenvalue weighted by Gasteiger charge is 2.36. The number of nitrogens with one attached hydrogen (secondary N) is 1. The summed E-state index contributed by atoms with van der Waals surface area (Å²) in [5.74, 6) is 1.14. The number of methoxy groups -OCH3 is 1. The minimum Gasteiger partial charge on any atom is -0.481 e. The molecule has 0 bridgehead atoms. The first-order valence-corrected chi connectivity index (χ1v) is 16.6. The molecule has 1 saturated carbocycles. The van der Waals surface area contributed by atoms with Crippen molar-refractivity contribution in [2.24, 2.45) is 5.92 Å². The van der Waals surface area contributed by atoms with Crippen LogP contribution in [0.25, 0.3) is 22.3 Å². The highest BCUT2D eigenvalue weighted by Crippen LogP contribution is 2.38. The van der Waals surface area contributed by atoms with Gasteiger partial charge in [0, 0.05) is 54.5 Å². The van der Waals surface area contributed by atoms with Gasteiger partial charge in [-0.05, 0) is 74.8 Å². The Labute approximate surface area is 276 Å². The minimum absolute atomic E-state index is 0.146. The fraction of sp³-hybridized carbons (Fsp3) is 0.371. The lowest BCUT2D eigenvalue weighted by molar-refractivity contribution is -0.133. The second-order valence-electron chi connectivity index (χ2n) is 12.9. The average Bonchev–Trinajstić information content (AvgIpc) is 3.83. The van der Waals surface area contributed by atoms with Gasteiger partial charge in [0.05, 0.1) is 24.7 Å². The first-order valence-electron chi connectivity index (χ1n) is 16.6. The van der Waals surface area contributed by atoms with Gasteiger partial charge in [-0.1, -0.05) is 12.1 Å². The SMILES string of the molecule is COc1ccc(-n2c(=O)c(C(=O)Nc3ccc(-c4cc(C5CCN(C(=O)C6CC6)CC5)n5ncnc(N)c45)cc3)c3n2CCCC3)cn1. The molecule has 8 rings (SSSR count). The Bertz CT molecular complexity index is 2080. The molecule has 48 heavy (non-hydrogen) atoms. The number of nitrogens with two attached hydrogens (primary N) is 1. The molecule has 5 aromatic rings. The lowest BCUT2D eigenvalue weighted by Gasteiger charge is -2.32. The number of pyridine rings is 1. The van der Waals surface area contributed by atoms with Crippen molar-refractivity contribution < 1.29 is 14.3 Å². The van der Waals surface area contributed by atoms with Gasteiger partial charge in [-0.2, -0.15) is 5.10 Å². The van der Waals surface area contributed by atoms with Crippen molar-refractivity contribution in [2.45, 2.75) is 57.4 Å².